The highest BCUT2D eigenvalue weighted by Crippen LogP contribution is 2.21. The van der Waals surface area contributed by atoms with Crippen LogP contribution in [0.4, 0.5) is 5.69 Å². The summed E-state index contributed by atoms with van der Waals surface area (Å²) >= 11 is 0. The number of amides is 1. The Bertz CT molecular complexity index is 739. The molecule has 0 spiro atoms. The van der Waals surface area contributed by atoms with E-state index in [9.17, 15) is 4.79 Å². The third kappa shape index (κ3) is 6.13. The summed E-state index contributed by atoms with van der Waals surface area (Å²) in [5.74, 6) is 0.588. The maximum atomic E-state index is 12.7. The molecule has 0 aromatic heterocycles. The highest BCUT2D eigenvalue weighted by molar-refractivity contribution is 5.96. The summed E-state index contributed by atoms with van der Waals surface area (Å²) in [6, 6.07) is 16.1. The quantitative estimate of drug-likeness (QED) is 0.758. The maximum Gasteiger partial charge on any atom is 0.253 e. The second-order valence-corrected chi connectivity index (χ2v) is 7.14. The number of carbonyl (C=O) groups excluding carboxylic acids is 1. The Morgan fingerprint density at radius 1 is 1.19 bits per heavy atom. The van der Waals surface area contributed by atoms with Gasteiger partial charge in [-0.25, -0.2) is 0 Å². The third-order valence-electron chi connectivity index (χ3n) is 4.99. The van der Waals surface area contributed by atoms with Gasteiger partial charge in [0.2, 0.25) is 0 Å². The van der Waals surface area contributed by atoms with Crippen LogP contribution in [0.15, 0.2) is 48.5 Å². The molecule has 4 nitrogen and oxygen atoms in total. The predicted molar refractivity (Wildman–Crippen MR) is 117 cm³/mol. The van der Waals surface area contributed by atoms with Gasteiger partial charge in [0.15, 0.2) is 0 Å². The number of hydrogen-bond acceptors (Lipinski definition) is 3. The number of aryl methyl sites for hydroxylation is 1. The van der Waals surface area contributed by atoms with Crippen molar-refractivity contribution in [3.05, 3.63) is 65.2 Å². The Morgan fingerprint density at radius 3 is 2.59 bits per heavy atom. The lowest BCUT2D eigenvalue weighted by Crippen LogP contribution is -2.33. The molecule has 1 fully saturated rings. The Labute approximate surface area is 174 Å². The normalized spacial score (nSPS) is 16.3. The van der Waals surface area contributed by atoms with E-state index >= 15 is 0 Å². The number of anilines is 1. The zero-order valence-corrected chi connectivity index (χ0v) is 17.6. The first kappa shape index (κ1) is 23.3. The van der Waals surface area contributed by atoms with E-state index in [4.69, 9.17) is 5.73 Å². The molecule has 1 aliphatic heterocycles. The zero-order valence-electron chi connectivity index (χ0n) is 15.9. The first-order valence-corrected chi connectivity index (χ1v) is 8.91. The van der Waals surface area contributed by atoms with Crippen molar-refractivity contribution in [1.82, 2.24) is 9.80 Å². The Kier molecular flexibility index (Phi) is 9.10. The van der Waals surface area contributed by atoms with Gasteiger partial charge in [0, 0.05) is 37.9 Å². The number of benzene rings is 2. The van der Waals surface area contributed by atoms with Crippen molar-refractivity contribution in [2.24, 2.45) is 5.92 Å². The van der Waals surface area contributed by atoms with Crippen LogP contribution in [0.5, 0.6) is 0 Å². The van der Waals surface area contributed by atoms with E-state index in [1.165, 1.54) is 5.56 Å². The Hall–Kier alpha value is -1.75. The van der Waals surface area contributed by atoms with Crippen molar-refractivity contribution in [1.29, 1.82) is 0 Å². The average molecular weight is 410 g/mol. The van der Waals surface area contributed by atoms with Gasteiger partial charge in [0.05, 0.1) is 0 Å². The predicted octanol–water partition coefficient (Wildman–Crippen LogP) is 4.01. The molecule has 1 saturated heterocycles. The summed E-state index contributed by atoms with van der Waals surface area (Å²) in [6.07, 6.45) is 1.14. The fraction of sp³-hybridized carbons (Fsp3) is 0.381. The van der Waals surface area contributed by atoms with E-state index in [0.717, 1.165) is 38.2 Å². The van der Waals surface area contributed by atoms with Gasteiger partial charge >= 0.3 is 0 Å². The molecule has 6 heteroatoms. The summed E-state index contributed by atoms with van der Waals surface area (Å²) in [7, 11) is 1.89. The molecule has 2 aromatic carbocycles. The van der Waals surface area contributed by atoms with E-state index < -0.39 is 0 Å². The summed E-state index contributed by atoms with van der Waals surface area (Å²) in [4.78, 5) is 17.1. The van der Waals surface area contributed by atoms with Gasteiger partial charge in [0.25, 0.3) is 5.91 Å². The highest BCUT2D eigenvalue weighted by Gasteiger charge is 2.25. The van der Waals surface area contributed by atoms with E-state index in [0.29, 0.717) is 17.2 Å². The van der Waals surface area contributed by atoms with E-state index in [1.807, 2.05) is 31.0 Å². The molecule has 3 rings (SSSR count). The van der Waals surface area contributed by atoms with Gasteiger partial charge < -0.3 is 10.6 Å². The van der Waals surface area contributed by atoms with E-state index in [-0.39, 0.29) is 30.7 Å². The number of carbonyl (C=O) groups is 1. The number of rotatable bonds is 5. The van der Waals surface area contributed by atoms with E-state index in [1.54, 1.807) is 6.07 Å². The largest absolute Gasteiger partial charge is 0.399 e. The van der Waals surface area contributed by atoms with Crippen molar-refractivity contribution in [2.45, 2.75) is 19.9 Å². The molecule has 1 unspecified atom stereocenters. The molecule has 0 aliphatic carbocycles. The first-order valence-electron chi connectivity index (χ1n) is 8.91. The number of nitrogens with zero attached hydrogens (tertiary/aromatic N) is 2. The summed E-state index contributed by atoms with van der Waals surface area (Å²) in [5, 5.41) is 0. The van der Waals surface area contributed by atoms with Crippen LogP contribution in [0.1, 0.15) is 27.9 Å². The van der Waals surface area contributed by atoms with Crippen LogP contribution < -0.4 is 5.73 Å². The third-order valence-corrected chi connectivity index (χ3v) is 4.99. The van der Waals surface area contributed by atoms with Crippen LogP contribution in [0.2, 0.25) is 0 Å². The minimum absolute atomic E-state index is 0. The maximum absolute atomic E-state index is 12.7. The van der Waals surface area contributed by atoms with Crippen molar-refractivity contribution >= 4 is 36.4 Å². The molecular weight excluding hydrogens is 381 g/mol. The molecule has 1 aliphatic rings. The Morgan fingerprint density at radius 2 is 1.89 bits per heavy atom. The topological polar surface area (TPSA) is 49.6 Å². The molecular formula is C21H29Cl2N3O. The molecule has 2 aromatic rings. The standard InChI is InChI=1S/C21H27N3O.2ClH/c1-16-8-9-19(22)12-20(16)21(25)23(2)13-18-10-11-24(15-18)14-17-6-4-3-5-7-17;;/h3-9,12,18H,10-11,13-15,22H2,1-2H3;2*1H. The molecule has 0 saturated carbocycles. The van der Waals surface area contributed by atoms with Crippen LogP contribution in [0.25, 0.3) is 0 Å². The van der Waals surface area contributed by atoms with Gasteiger partial charge in [-0.15, -0.1) is 24.8 Å². The van der Waals surface area contributed by atoms with Crippen LogP contribution in [-0.2, 0) is 6.54 Å². The monoisotopic (exact) mass is 409 g/mol. The minimum atomic E-state index is 0. The number of nitrogens with two attached hydrogens (primary N) is 1. The van der Waals surface area contributed by atoms with Gasteiger partial charge in [-0.05, 0) is 49.1 Å². The van der Waals surface area contributed by atoms with Crippen LogP contribution >= 0.6 is 24.8 Å². The molecule has 1 atom stereocenters. The number of hydrogen-bond donors (Lipinski definition) is 1. The lowest BCUT2D eigenvalue weighted by molar-refractivity contribution is 0.0772. The van der Waals surface area contributed by atoms with Crippen molar-refractivity contribution in [3.63, 3.8) is 0 Å². The van der Waals surface area contributed by atoms with Crippen LogP contribution in [0.3, 0.4) is 0 Å². The summed E-state index contributed by atoms with van der Waals surface area (Å²) in [5.41, 5.74) is 9.51. The van der Waals surface area contributed by atoms with Crippen molar-refractivity contribution < 1.29 is 4.79 Å². The molecule has 0 radical (unpaired) electrons. The average Bonchev–Trinajstić information content (AvgIpc) is 3.04. The second kappa shape index (κ2) is 10.5. The summed E-state index contributed by atoms with van der Waals surface area (Å²) < 4.78 is 0. The van der Waals surface area contributed by atoms with Gasteiger partial charge in [0.1, 0.15) is 0 Å². The lowest BCUT2D eigenvalue weighted by atomic mass is 10.0. The van der Waals surface area contributed by atoms with Crippen molar-refractivity contribution in [3.8, 4) is 0 Å². The molecule has 1 amide bonds. The lowest BCUT2D eigenvalue weighted by Gasteiger charge is -2.23. The number of likely N-dealkylation sites (tertiary alicyclic amines) is 1. The second-order valence-electron chi connectivity index (χ2n) is 7.14. The molecule has 0 bridgehead atoms. The van der Waals surface area contributed by atoms with Crippen molar-refractivity contribution in [2.75, 3.05) is 32.4 Å². The van der Waals surface area contributed by atoms with Crippen LogP contribution in [-0.4, -0.2) is 42.4 Å². The van der Waals surface area contributed by atoms with Gasteiger partial charge in [-0.2, -0.15) is 0 Å². The van der Waals surface area contributed by atoms with Crippen LogP contribution in [0, 0.1) is 12.8 Å². The minimum Gasteiger partial charge on any atom is -0.399 e. The Balaban J connectivity index is 0.00000182. The van der Waals surface area contributed by atoms with Gasteiger partial charge in [-0.3, -0.25) is 9.69 Å². The molecule has 27 heavy (non-hydrogen) atoms. The number of nitrogen functional groups attached to an aromatic ring is 1. The zero-order chi connectivity index (χ0) is 17.8. The SMILES string of the molecule is Cc1ccc(N)cc1C(=O)N(C)CC1CCN(Cc2ccccc2)C1.Cl.Cl. The highest BCUT2D eigenvalue weighted by atomic mass is 35.5. The smallest absolute Gasteiger partial charge is 0.253 e. The molecule has 148 valence electrons. The number of halogens is 2. The fourth-order valence-corrected chi connectivity index (χ4v) is 3.59. The first-order chi connectivity index (χ1) is 12.0. The fourth-order valence-electron chi connectivity index (χ4n) is 3.59. The van der Waals surface area contributed by atoms with E-state index in [2.05, 4.69) is 35.2 Å². The molecule has 1 heterocycles. The van der Waals surface area contributed by atoms with Gasteiger partial charge in [-0.1, -0.05) is 36.4 Å². The molecule has 2 N–H and O–H groups in total. The summed E-state index contributed by atoms with van der Waals surface area (Å²) in [6.45, 7) is 5.88.